The van der Waals surface area contributed by atoms with Gasteiger partial charge in [-0.2, -0.15) is 5.26 Å². The third kappa shape index (κ3) is 4.43. The Morgan fingerprint density at radius 3 is 2.35 bits per heavy atom. The highest BCUT2D eigenvalue weighted by Gasteiger charge is 2.33. The van der Waals surface area contributed by atoms with Crippen molar-refractivity contribution >= 4 is 19.9 Å². The van der Waals surface area contributed by atoms with Crippen LogP contribution in [0.2, 0.25) is 5.02 Å². The minimum atomic E-state index is -3.50. The van der Waals surface area contributed by atoms with Gasteiger partial charge in [0.25, 0.3) is 0 Å². The lowest BCUT2D eigenvalue weighted by atomic mass is 9.82. The Kier molecular flexibility index (Phi) is 6.79. The molecule has 0 heterocycles. The lowest BCUT2D eigenvalue weighted by Gasteiger charge is -2.23. The molecule has 3 atom stereocenters. The van der Waals surface area contributed by atoms with Crippen LogP contribution in [0.15, 0.2) is 30.3 Å². The summed E-state index contributed by atoms with van der Waals surface area (Å²) in [6.07, 6.45) is 0. The normalized spacial score (nSPS) is 14.5. The van der Waals surface area contributed by atoms with Gasteiger partial charge in [-0.3, -0.25) is 4.57 Å². The molecule has 4 nitrogen and oxygen atoms in total. The molecule has 10 heteroatoms. The fourth-order valence-electron chi connectivity index (χ4n) is 2.49. The maximum absolute atomic E-state index is 14.4. The van der Waals surface area contributed by atoms with E-state index in [2.05, 4.69) is 4.52 Å². The number of nitriles is 1. The Labute approximate surface area is 151 Å². The molecule has 2 aromatic rings. The van der Waals surface area contributed by atoms with Crippen molar-refractivity contribution in [3.05, 3.63) is 69.8 Å². The van der Waals surface area contributed by atoms with Gasteiger partial charge in [-0.1, -0.05) is 23.7 Å². The van der Waals surface area contributed by atoms with Crippen LogP contribution in [0.5, 0.6) is 0 Å². The first kappa shape index (κ1) is 20.4. The number of hydrogen-bond donors (Lipinski definition) is 1. The van der Waals surface area contributed by atoms with E-state index in [4.69, 9.17) is 16.5 Å². The van der Waals surface area contributed by atoms with Crippen LogP contribution >= 0.6 is 19.9 Å². The molecule has 0 amide bonds. The van der Waals surface area contributed by atoms with E-state index in [0.29, 0.717) is 6.07 Å². The van der Waals surface area contributed by atoms with Crippen LogP contribution < -0.4 is 0 Å². The molecule has 1 N–H and O–H groups in total. The van der Waals surface area contributed by atoms with E-state index >= 15 is 0 Å². The maximum atomic E-state index is 14.4. The predicted octanol–water partition coefficient (Wildman–Crippen LogP) is 4.69. The second-order valence-electron chi connectivity index (χ2n) is 5.22. The molecule has 0 saturated carbocycles. The summed E-state index contributed by atoms with van der Waals surface area (Å²) >= 11 is 5.55. The zero-order valence-electron chi connectivity index (χ0n) is 12.8. The summed E-state index contributed by atoms with van der Waals surface area (Å²) in [4.78, 5) is 8.86. The maximum Gasteiger partial charge on any atom is 0.316 e. The minimum Gasteiger partial charge on any atom is -0.326 e. The fourth-order valence-corrected chi connectivity index (χ4v) is 3.01. The Morgan fingerprint density at radius 2 is 1.81 bits per heavy atom. The first-order valence-electron chi connectivity index (χ1n) is 7.10. The summed E-state index contributed by atoms with van der Waals surface area (Å²) in [7, 11) is -3.50. The molecule has 0 aliphatic carbocycles. The molecule has 0 aliphatic heterocycles. The first-order valence-corrected chi connectivity index (χ1v) is 8.74. The van der Waals surface area contributed by atoms with E-state index in [9.17, 15) is 27.4 Å². The molecule has 0 fully saturated rings. The van der Waals surface area contributed by atoms with Crippen LogP contribution in [0.3, 0.4) is 0 Å². The standard InChI is InChI=1S/C16H11ClF4NO3P/c17-12-5-13(19)16(21)14(15(12)20)11(7-25-26(23)24)10(6-22)8-1-3-9(18)4-2-8/h1-5,10-11,26H,7H2,(H,23,24). The predicted molar refractivity (Wildman–Crippen MR) is 86.0 cm³/mol. The van der Waals surface area contributed by atoms with Gasteiger partial charge in [-0.25, -0.2) is 17.6 Å². The fraction of sp³-hybridized carbons (Fsp3) is 0.188. The molecule has 0 bridgehead atoms. The van der Waals surface area contributed by atoms with Crippen LogP contribution in [0.25, 0.3) is 0 Å². The van der Waals surface area contributed by atoms with Crippen molar-refractivity contribution in [3.63, 3.8) is 0 Å². The Balaban J connectivity index is 2.62. The van der Waals surface area contributed by atoms with Gasteiger partial charge in [0, 0.05) is 11.5 Å². The number of nitrogens with zero attached hydrogens (tertiary/aromatic N) is 1. The zero-order valence-corrected chi connectivity index (χ0v) is 14.6. The first-order chi connectivity index (χ1) is 12.3. The zero-order chi connectivity index (χ0) is 19.4. The molecule has 0 saturated heterocycles. The minimum absolute atomic E-state index is 0.152. The van der Waals surface area contributed by atoms with E-state index in [-0.39, 0.29) is 5.56 Å². The molecule has 138 valence electrons. The van der Waals surface area contributed by atoms with Gasteiger partial charge in [-0.05, 0) is 23.8 Å². The van der Waals surface area contributed by atoms with Crippen LogP contribution in [0, 0.1) is 34.6 Å². The molecule has 2 rings (SSSR count). The largest absolute Gasteiger partial charge is 0.326 e. The van der Waals surface area contributed by atoms with E-state index in [0.717, 1.165) is 12.1 Å². The van der Waals surface area contributed by atoms with Crippen LogP contribution in [0.1, 0.15) is 23.0 Å². The average Bonchev–Trinajstić information content (AvgIpc) is 2.59. The summed E-state index contributed by atoms with van der Waals surface area (Å²) in [6, 6.07) is 6.67. The van der Waals surface area contributed by atoms with E-state index in [1.807, 2.05) is 0 Å². The molecule has 2 aromatic carbocycles. The average molecular weight is 408 g/mol. The molecule has 0 aromatic heterocycles. The summed E-state index contributed by atoms with van der Waals surface area (Å²) in [5, 5.41) is 8.74. The summed E-state index contributed by atoms with van der Waals surface area (Å²) in [5.41, 5.74) is -0.742. The van der Waals surface area contributed by atoms with Crippen molar-refractivity contribution in [3.8, 4) is 6.07 Å². The third-order valence-corrected chi connectivity index (χ3v) is 4.36. The van der Waals surface area contributed by atoms with Gasteiger partial charge in [0.1, 0.15) is 11.6 Å². The number of rotatable bonds is 6. The second kappa shape index (κ2) is 8.65. The molecular formula is C16H11ClF4NO3P. The van der Waals surface area contributed by atoms with E-state index in [1.165, 1.54) is 12.1 Å². The van der Waals surface area contributed by atoms with Gasteiger partial charge in [-0.15, -0.1) is 0 Å². The molecule has 0 radical (unpaired) electrons. The highest BCUT2D eigenvalue weighted by Crippen LogP contribution is 2.39. The lowest BCUT2D eigenvalue weighted by Crippen LogP contribution is -2.19. The quantitative estimate of drug-likeness (QED) is 0.428. The molecule has 26 heavy (non-hydrogen) atoms. The molecule has 0 spiro atoms. The number of benzene rings is 2. The summed E-state index contributed by atoms with van der Waals surface area (Å²) in [5.74, 6) is -7.83. The number of hydrogen-bond acceptors (Lipinski definition) is 3. The summed E-state index contributed by atoms with van der Waals surface area (Å²) in [6.45, 7) is -0.766. The van der Waals surface area contributed by atoms with Crippen LogP contribution in [-0.4, -0.2) is 11.5 Å². The van der Waals surface area contributed by atoms with Crippen LogP contribution in [-0.2, 0) is 9.09 Å². The van der Waals surface area contributed by atoms with Gasteiger partial charge >= 0.3 is 8.25 Å². The van der Waals surface area contributed by atoms with Crippen molar-refractivity contribution in [2.24, 2.45) is 0 Å². The Hall–Kier alpha value is -1.91. The highest BCUT2D eigenvalue weighted by molar-refractivity contribution is 7.32. The smallest absolute Gasteiger partial charge is 0.316 e. The van der Waals surface area contributed by atoms with Gasteiger partial charge in [0.2, 0.25) is 0 Å². The molecule has 3 unspecified atom stereocenters. The van der Waals surface area contributed by atoms with Gasteiger partial charge in [0.05, 0.1) is 23.6 Å². The summed E-state index contributed by atoms with van der Waals surface area (Å²) < 4.78 is 70.9. The van der Waals surface area contributed by atoms with Crippen molar-refractivity contribution in [2.75, 3.05) is 6.61 Å². The van der Waals surface area contributed by atoms with Crippen molar-refractivity contribution in [2.45, 2.75) is 11.8 Å². The monoisotopic (exact) mass is 407 g/mol. The Bertz CT molecular complexity index is 847. The number of halogens is 5. The van der Waals surface area contributed by atoms with Gasteiger partial charge < -0.3 is 9.42 Å². The van der Waals surface area contributed by atoms with Gasteiger partial charge in [0.15, 0.2) is 11.6 Å². The highest BCUT2D eigenvalue weighted by atomic mass is 35.5. The third-order valence-electron chi connectivity index (χ3n) is 3.67. The molecular weight excluding hydrogens is 397 g/mol. The lowest BCUT2D eigenvalue weighted by molar-refractivity contribution is 0.249. The van der Waals surface area contributed by atoms with Crippen LogP contribution in [0.4, 0.5) is 17.6 Å². The Morgan fingerprint density at radius 1 is 1.19 bits per heavy atom. The molecule has 0 aliphatic rings. The van der Waals surface area contributed by atoms with Crippen molar-refractivity contribution in [1.29, 1.82) is 5.26 Å². The topological polar surface area (TPSA) is 70.3 Å². The van der Waals surface area contributed by atoms with E-state index in [1.54, 1.807) is 6.07 Å². The van der Waals surface area contributed by atoms with Crippen molar-refractivity contribution in [1.82, 2.24) is 0 Å². The SMILES string of the molecule is N#CC(c1ccc(F)cc1)C(CO[PH](=O)O)c1c(F)c(F)cc(Cl)c1F. The van der Waals surface area contributed by atoms with Crippen molar-refractivity contribution < 1.29 is 31.5 Å². The van der Waals surface area contributed by atoms with E-state index < -0.39 is 60.6 Å². The second-order valence-corrected chi connectivity index (χ2v) is 6.45.